The van der Waals surface area contributed by atoms with E-state index < -0.39 is 0 Å². The third kappa shape index (κ3) is 5.76. The van der Waals surface area contributed by atoms with Crippen LogP contribution in [0.25, 0.3) is 0 Å². The van der Waals surface area contributed by atoms with E-state index in [4.69, 9.17) is 21.1 Å². The van der Waals surface area contributed by atoms with Gasteiger partial charge in [-0.2, -0.15) is 0 Å². The first-order valence-electron chi connectivity index (χ1n) is 8.99. The normalized spacial score (nSPS) is 10.4. The van der Waals surface area contributed by atoms with Crippen molar-refractivity contribution in [1.82, 2.24) is 4.90 Å². The van der Waals surface area contributed by atoms with Crippen LogP contribution in [0.5, 0.6) is 11.5 Å². The molecule has 144 valence electrons. The zero-order valence-corrected chi connectivity index (χ0v) is 16.4. The Balaban J connectivity index is 1.46. The van der Waals surface area contributed by atoms with Crippen molar-refractivity contribution in [3.63, 3.8) is 0 Å². The molecule has 0 aliphatic rings. The van der Waals surface area contributed by atoms with Crippen molar-refractivity contribution < 1.29 is 14.3 Å². The maximum absolute atomic E-state index is 12.3. The van der Waals surface area contributed by atoms with Gasteiger partial charge in [-0.05, 0) is 41.5 Å². The van der Waals surface area contributed by atoms with Crippen LogP contribution in [-0.4, -0.2) is 24.5 Å². The molecule has 0 aromatic heterocycles. The Morgan fingerprint density at radius 2 is 1.46 bits per heavy atom. The molecular weight excluding hydrogens is 374 g/mol. The molecule has 0 fully saturated rings. The lowest BCUT2D eigenvalue weighted by molar-refractivity contribution is -0.132. The minimum atomic E-state index is -0.121. The number of carbonyl (C=O) groups excluding carboxylic acids is 1. The molecule has 0 bridgehead atoms. The number of halogens is 1. The molecule has 0 heterocycles. The Hall–Kier alpha value is -2.98. The summed E-state index contributed by atoms with van der Waals surface area (Å²) in [5, 5.41) is 0.647. The predicted octanol–water partition coefficient (Wildman–Crippen LogP) is 4.96. The van der Waals surface area contributed by atoms with Crippen LogP contribution in [0, 0.1) is 0 Å². The quantitative estimate of drug-likeness (QED) is 0.541. The molecule has 3 aromatic carbocycles. The van der Waals surface area contributed by atoms with Crippen molar-refractivity contribution in [2.75, 3.05) is 13.7 Å². The van der Waals surface area contributed by atoms with Crippen LogP contribution >= 0.6 is 11.6 Å². The second-order valence-electron chi connectivity index (χ2n) is 6.38. The molecule has 0 spiro atoms. The molecule has 3 aromatic rings. The van der Waals surface area contributed by atoms with E-state index in [0.717, 1.165) is 16.9 Å². The van der Waals surface area contributed by atoms with Gasteiger partial charge in [0, 0.05) is 18.6 Å². The standard InChI is InChI=1S/C23H22ClNO3/c1-25(15-19-9-5-6-10-22(19)24)23(26)17-28-21-13-11-20(12-14-21)27-16-18-7-3-2-4-8-18/h2-14H,15-17H2,1H3. The molecule has 0 atom stereocenters. The molecule has 0 radical (unpaired) electrons. The Labute approximate surface area is 170 Å². The van der Waals surface area contributed by atoms with Crippen molar-refractivity contribution >= 4 is 17.5 Å². The van der Waals surface area contributed by atoms with Gasteiger partial charge in [-0.25, -0.2) is 0 Å². The molecule has 0 aliphatic heterocycles. The summed E-state index contributed by atoms with van der Waals surface area (Å²) in [5.74, 6) is 1.24. The lowest BCUT2D eigenvalue weighted by Gasteiger charge is -2.18. The number of carbonyl (C=O) groups is 1. The summed E-state index contributed by atoms with van der Waals surface area (Å²) in [6.07, 6.45) is 0. The van der Waals surface area contributed by atoms with Crippen LogP contribution in [0.4, 0.5) is 0 Å². The van der Waals surface area contributed by atoms with Crippen LogP contribution in [-0.2, 0) is 17.9 Å². The van der Waals surface area contributed by atoms with Crippen LogP contribution in [0.3, 0.4) is 0 Å². The van der Waals surface area contributed by atoms with Crippen molar-refractivity contribution in [3.8, 4) is 11.5 Å². The Morgan fingerprint density at radius 1 is 0.857 bits per heavy atom. The molecule has 0 aliphatic carbocycles. The first kappa shape index (κ1) is 19.8. The number of hydrogen-bond acceptors (Lipinski definition) is 3. The number of nitrogens with zero attached hydrogens (tertiary/aromatic N) is 1. The van der Waals surface area contributed by atoms with Gasteiger partial charge >= 0.3 is 0 Å². The zero-order chi connectivity index (χ0) is 19.8. The SMILES string of the molecule is CN(Cc1ccccc1Cl)C(=O)COc1ccc(OCc2ccccc2)cc1. The fraction of sp³-hybridized carbons (Fsp3) is 0.174. The first-order chi connectivity index (χ1) is 13.6. The van der Waals surface area contributed by atoms with Gasteiger partial charge in [0.1, 0.15) is 18.1 Å². The summed E-state index contributed by atoms with van der Waals surface area (Å²) >= 11 is 6.14. The van der Waals surface area contributed by atoms with Gasteiger partial charge < -0.3 is 14.4 Å². The average molecular weight is 396 g/mol. The summed E-state index contributed by atoms with van der Waals surface area (Å²) in [6.45, 7) is 0.908. The lowest BCUT2D eigenvalue weighted by Crippen LogP contribution is -2.31. The third-order valence-electron chi connectivity index (χ3n) is 4.23. The Kier molecular flexibility index (Phi) is 6.93. The van der Waals surface area contributed by atoms with E-state index in [1.165, 1.54) is 0 Å². The van der Waals surface area contributed by atoms with E-state index in [1.807, 2.05) is 66.7 Å². The molecule has 0 N–H and O–H groups in total. The van der Waals surface area contributed by atoms with Gasteiger partial charge in [0.05, 0.1) is 0 Å². The highest BCUT2D eigenvalue weighted by Gasteiger charge is 2.12. The summed E-state index contributed by atoms with van der Waals surface area (Å²) < 4.78 is 11.3. The highest BCUT2D eigenvalue weighted by molar-refractivity contribution is 6.31. The van der Waals surface area contributed by atoms with Crippen molar-refractivity contribution in [3.05, 3.63) is 95.0 Å². The lowest BCUT2D eigenvalue weighted by atomic mass is 10.2. The summed E-state index contributed by atoms with van der Waals surface area (Å²) in [5.41, 5.74) is 2.01. The van der Waals surface area contributed by atoms with Gasteiger partial charge in [0.2, 0.25) is 0 Å². The minimum Gasteiger partial charge on any atom is -0.489 e. The molecule has 3 rings (SSSR count). The van der Waals surface area contributed by atoms with Crippen molar-refractivity contribution in [2.24, 2.45) is 0 Å². The van der Waals surface area contributed by atoms with E-state index in [0.29, 0.717) is 23.9 Å². The third-order valence-corrected chi connectivity index (χ3v) is 4.59. The van der Waals surface area contributed by atoms with Gasteiger partial charge in [0.15, 0.2) is 6.61 Å². The zero-order valence-electron chi connectivity index (χ0n) is 15.7. The van der Waals surface area contributed by atoms with Crippen molar-refractivity contribution in [2.45, 2.75) is 13.2 Å². The minimum absolute atomic E-state index is 0.0365. The molecule has 4 nitrogen and oxygen atoms in total. The Bertz CT molecular complexity index is 897. The van der Waals surface area contributed by atoms with E-state index in [1.54, 1.807) is 24.1 Å². The molecule has 0 saturated heterocycles. The van der Waals surface area contributed by atoms with E-state index >= 15 is 0 Å². The number of amides is 1. The van der Waals surface area contributed by atoms with Crippen LogP contribution in [0.15, 0.2) is 78.9 Å². The summed E-state index contributed by atoms with van der Waals surface area (Å²) in [7, 11) is 1.73. The van der Waals surface area contributed by atoms with Gasteiger partial charge in [0.25, 0.3) is 5.91 Å². The van der Waals surface area contributed by atoms with Gasteiger partial charge in [-0.3, -0.25) is 4.79 Å². The summed E-state index contributed by atoms with van der Waals surface area (Å²) in [4.78, 5) is 13.9. The number of rotatable bonds is 8. The molecule has 0 unspecified atom stereocenters. The van der Waals surface area contributed by atoms with Gasteiger partial charge in [-0.1, -0.05) is 60.1 Å². The second kappa shape index (κ2) is 9.81. The van der Waals surface area contributed by atoms with Crippen LogP contribution in [0.2, 0.25) is 5.02 Å². The highest BCUT2D eigenvalue weighted by Crippen LogP contribution is 2.19. The fourth-order valence-electron chi connectivity index (χ4n) is 2.60. The number of likely N-dealkylation sites (N-methyl/N-ethyl adjacent to an activating group) is 1. The number of benzene rings is 3. The van der Waals surface area contributed by atoms with Crippen molar-refractivity contribution in [1.29, 1.82) is 0 Å². The van der Waals surface area contributed by atoms with E-state index in [9.17, 15) is 4.79 Å². The molecule has 1 amide bonds. The summed E-state index contributed by atoms with van der Waals surface area (Å²) in [6, 6.07) is 24.7. The molecule has 5 heteroatoms. The van der Waals surface area contributed by atoms with Crippen LogP contribution < -0.4 is 9.47 Å². The van der Waals surface area contributed by atoms with Gasteiger partial charge in [-0.15, -0.1) is 0 Å². The topological polar surface area (TPSA) is 38.8 Å². The van der Waals surface area contributed by atoms with Crippen LogP contribution in [0.1, 0.15) is 11.1 Å². The number of ether oxygens (including phenoxy) is 2. The maximum atomic E-state index is 12.3. The Morgan fingerprint density at radius 3 is 2.14 bits per heavy atom. The largest absolute Gasteiger partial charge is 0.489 e. The molecule has 0 saturated carbocycles. The van der Waals surface area contributed by atoms with E-state index in [2.05, 4.69) is 0 Å². The first-order valence-corrected chi connectivity index (χ1v) is 9.36. The van der Waals surface area contributed by atoms with E-state index in [-0.39, 0.29) is 12.5 Å². The smallest absolute Gasteiger partial charge is 0.260 e. The monoisotopic (exact) mass is 395 g/mol. The highest BCUT2D eigenvalue weighted by atomic mass is 35.5. The number of hydrogen-bond donors (Lipinski definition) is 0. The second-order valence-corrected chi connectivity index (χ2v) is 6.78. The fourth-order valence-corrected chi connectivity index (χ4v) is 2.79. The maximum Gasteiger partial charge on any atom is 0.260 e. The predicted molar refractivity (Wildman–Crippen MR) is 111 cm³/mol. The molecule has 28 heavy (non-hydrogen) atoms. The molecular formula is C23H22ClNO3. The average Bonchev–Trinajstić information content (AvgIpc) is 2.73.